The van der Waals surface area contributed by atoms with E-state index in [1.165, 1.54) is 20.3 Å². The number of rotatable bonds is 4. The molecule has 2 fully saturated rings. The second-order valence-electron chi connectivity index (χ2n) is 8.89. The van der Waals surface area contributed by atoms with E-state index in [2.05, 4.69) is 27.1 Å². The molecular weight excluding hydrogens is 382 g/mol. The van der Waals surface area contributed by atoms with Gasteiger partial charge < -0.3 is 20.2 Å². The van der Waals surface area contributed by atoms with Crippen LogP contribution >= 0.6 is 0 Å². The van der Waals surface area contributed by atoms with E-state index < -0.39 is 5.60 Å². The number of carbonyl (C=O) groups excluding carboxylic acids is 2. The summed E-state index contributed by atoms with van der Waals surface area (Å²) >= 11 is 0. The summed E-state index contributed by atoms with van der Waals surface area (Å²) in [6.45, 7) is 7.23. The number of pyridine rings is 2. The van der Waals surface area contributed by atoms with Gasteiger partial charge in [0.15, 0.2) is 0 Å². The van der Waals surface area contributed by atoms with Crippen molar-refractivity contribution in [2.24, 2.45) is 0 Å². The molecule has 2 aromatic rings. The van der Waals surface area contributed by atoms with Crippen molar-refractivity contribution in [3.8, 4) is 0 Å². The van der Waals surface area contributed by atoms with E-state index in [1.807, 2.05) is 12.1 Å². The molecule has 160 valence electrons. The predicted molar refractivity (Wildman–Crippen MR) is 114 cm³/mol. The van der Waals surface area contributed by atoms with Gasteiger partial charge in [0.2, 0.25) is 0 Å². The number of fused-ring (bicyclic) bond motifs is 1. The lowest BCUT2D eigenvalue weighted by molar-refractivity contribution is -0.148. The fourth-order valence-electron chi connectivity index (χ4n) is 4.03. The Kier molecular flexibility index (Phi) is 5.36. The zero-order chi connectivity index (χ0) is 21.5. The first-order chi connectivity index (χ1) is 14.2. The molecular formula is C22H29N5O3. The van der Waals surface area contributed by atoms with Crippen molar-refractivity contribution >= 4 is 28.5 Å². The topological polar surface area (TPSA) is 98.7 Å². The van der Waals surface area contributed by atoms with Gasteiger partial charge in [-0.1, -0.05) is 0 Å². The van der Waals surface area contributed by atoms with Crippen LogP contribution in [0.5, 0.6) is 0 Å². The highest BCUT2D eigenvalue weighted by Gasteiger charge is 2.32. The highest BCUT2D eigenvalue weighted by atomic mass is 16.3. The molecule has 0 aliphatic carbocycles. The maximum atomic E-state index is 12.7. The molecule has 8 heteroatoms. The molecule has 0 spiro atoms. The fourth-order valence-corrected chi connectivity index (χ4v) is 4.03. The minimum atomic E-state index is -1.37. The molecule has 2 aromatic heterocycles. The Labute approximate surface area is 176 Å². The van der Waals surface area contributed by atoms with Crippen molar-refractivity contribution in [2.45, 2.75) is 57.7 Å². The number of amides is 2. The Morgan fingerprint density at radius 2 is 1.83 bits per heavy atom. The average Bonchev–Trinajstić information content (AvgIpc) is 2.71. The quantitative estimate of drug-likeness (QED) is 0.795. The predicted octanol–water partition coefficient (Wildman–Crippen LogP) is 1.72. The SMILES string of the molecule is C[C@H]1CCN1c1cc2ncc(C(=O)NC3CCN(C(=O)C(C)(C)O)CC3)cc2cn1. The first-order valence-corrected chi connectivity index (χ1v) is 10.6. The van der Waals surface area contributed by atoms with E-state index >= 15 is 0 Å². The van der Waals surface area contributed by atoms with Gasteiger partial charge in [-0.2, -0.15) is 0 Å². The molecule has 0 bridgehead atoms. The van der Waals surface area contributed by atoms with Gasteiger partial charge in [0.25, 0.3) is 11.8 Å². The van der Waals surface area contributed by atoms with Crippen molar-refractivity contribution in [3.63, 3.8) is 0 Å². The zero-order valence-corrected chi connectivity index (χ0v) is 17.8. The molecule has 0 radical (unpaired) electrons. The Balaban J connectivity index is 1.38. The number of nitrogens with one attached hydrogen (secondary N) is 1. The fraction of sp³-hybridized carbons (Fsp3) is 0.545. The maximum absolute atomic E-state index is 12.7. The number of aliphatic hydroxyl groups is 1. The highest BCUT2D eigenvalue weighted by Crippen LogP contribution is 2.26. The summed E-state index contributed by atoms with van der Waals surface area (Å²) in [5.74, 6) is 0.487. The highest BCUT2D eigenvalue weighted by molar-refractivity contribution is 5.97. The third kappa shape index (κ3) is 4.09. The third-order valence-electron chi connectivity index (χ3n) is 6.07. The first-order valence-electron chi connectivity index (χ1n) is 10.6. The molecule has 30 heavy (non-hydrogen) atoms. The lowest BCUT2D eigenvalue weighted by Crippen LogP contribution is -2.51. The number of hydrogen-bond donors (Lipinski definition) is 2. The Morgan fingerprint density at radius 1 is 1.10 bits per heavy atom. The molecule has 2 N–H and O–H groups in total. The molecule has 0 unspecified atom stereocenters. The summed E-state index contributed by atoms with van der Waals surface area (Å²) in [7, 11) is 0. The van der Waals surface area contributed by atoms with Crippen LogP contribution in [0.3, 0.4) is 0 Å². The molecule has 4 heterocycles. The molecule has 4 rings (SSSR count). The average molecular weight is 412 g/mol. The molecule has 0 aromatic carbocycles. The minimum Gasteiger partial charge on any atom is -0.381 e. The number of nitrogens with zero attached hydrogens (tertiary/aromatic N) is 4. The number of aromatic nitrogens is 2. The molecule has 2 aliphatic rings. The Bertz CT molecular complexity index is 963. The van der Waals surface area contributed by atoms with Crippen LogP contribution < -0.4 is 10.2 Å². The number of hydrogen-bond acceptors (Lipinski definition) is 6. The van der Waals surface area contributed by atoms with Gasteiger partial charge in [-0.15, -0.1) is 0 Å². The summed E-state index contributed by atoms with van der Waals surface area (Å²) in [4.78, 5) is 37.8. The Morgan fingerprint density at radius 3 is 2.43 bits per heavy atom. The van der Waals surface area contributed by atoms with Gasteiger partial charge in [0.05, 0.1) is 11.1 Å². The monoisotopic (exact) mass is 411 g/mol. The second-order valence-corrected chi connectivity index (χ2v) is 8.89. The summed E-state index contributed by atoms with van der Waals surface area (Å²) in [6.07, 6.45) is 5.88. The van der Waals surface area contributed by atoms with Crippen LogP contribution in [-0.4, -0.2) is 69.1 Å². The molecule has 2 saturated heterocycles. The minimum absolute atomic E-state index is 0.00698. The summed E-state index contributed by atoms with van der Waals surface area (Å²) in [6, 6.07) is 4.29. The molecule has 0 saturated carbocycles. The summed E-state index contributed by atoms with van der Waals surface area (Å²) < 4.78 is 0. The second kappa shape index (κ2) is 7.83. The van der Waals surface area contributed by atoms with Gasteiger partial charge >= 0.3 is 0 Å². The van der Waals surface area contributed by atoms with Gasteiger partial charge in [-0.05, 0) is 46.1 Å². The van der Waals surface area contributed by atoms with Gasteiger partial charge in [0, 0.05) is 55.6 Å². The van der Waals surface area contributed by atoms with E-state index in [1.54, 1.807) is 17.3 Å². The van der Waals surface area contributed by atoms with Crippen LogP contribution in [0.15, 0.2) is 24.5 Å². The number of carbonyl (C=O) groups is 2. The van der Waals surface area contributed by atoms with E-state index in [-0.39, 0.29) is 17.9 Å². The zero-order valence-electron chi connectivity index (χ0n) is 17.8. The lowest BCUT2D eigenvalue weighted by Gasteiger charge is -2.39. The Hall–Kier alpha value is -2.74. The standard InChI is InChI=1S/C22H29N5O3/c1-14-4-9-27(14)19-11-18-15(12-24-19)10-16(13-23-18)20(28)25-17-5-7-26(8-6-17)21(29)22(2,3)30/h10-14,17,30H,4-9H2,1-3H3,(H,25,28)/t14-/m0/s1. The molecule has 8 nitrogen and oxygen atoms in total. The largest absolute Gasteiger partial charge is 0.381 e. The van der Waals surface area contributed by atoms with Gasteiger partial charge in [-0.3, -0.25) is 14.6 Å². The van der Waals surface area contributed by atoms with E-state index in [0.717, 1.165) is 23.3 Å². The van der Waals surface area contributed by atoms with Crippen LogP contribution in [0, 0.1) is 0 Å². The van der Waals surface area contributed by atoms with Crippen molar-refractivity contribution in [1.82, 2.24) is 20.2 Å². The lowest BCUT2D eigenvalue weighted by atomic mass is 10.0. The normalized spacial score (nSPS) is 20.2. The van der Waals surface area contributed by atoms with Crippen LogP contribution in [0.1, 0.15) is 50.4 Å². The molecule has 2 amide bonds. The first kappa shape index (κ1) is 20.5. The van der Waals surface area contributed by atoms with Crippen LogP contribution in [0.2, 0.25) is 0 Å². The van der Waals surface area contributed by atoms with Crippen LogP contribution in [0.4, 0.5) is 5.82 Å². The van der Waals surface area contributed by atoms with Crippen molar-refractivity contribution < 1.29 is 14.7 Å². The van der Waals surface area contributed by atoms with E-state index in [4.69, 9.17) is 0 Å². The smallest absolute Gasteiger partial charge is 0.253 e. The van der Waals surface area contributed by atoms with Crippen LogP contribution in [-0.2, 0) is 4.79 Å². The van der Waals surface area contributed by atoms with Gasteiger partial charge in [-0.25, -0.2) is 4.98 Å². The number of likely N-dealkylation sites (tertiary alicyclic amines) is 1. The van der Waals surface area contributed by atoms with Crippen molar-refractivity contribution in [2.75, 3.05) is 24.5 Å². The van der Waals surface area contributed by atoms with Gasteiger partial charge in [0.1, 0.15) is 11.4 Å². The van der Waals surface area contributed by atoms with E-state index in [0.29, 0.717) is 37.5 Å². The van der Waals surface area contributed by atoms with Crippen LogP contribution in [0.25, 0.3) is 10.9 Å². The maximum Gasteiger partial charge on any atom is 0.253 e. The van der Waals surface area contributed by atoms with Crippen molar-refractivity contribution in [3.05, 3.63) is 30.1 Å². The summed E-state index contributed by atoms with van der Waals surface area (Å²) in [5, 5.41) is 13.8. The number of piperidine rings is 1. The summed E-state index contributed by atoms with van der Waals surface area (Å²) in [5.41, 5.74) is -0.0347. The molecule has 1 atom stereocenters. The molecule has 2 aliphatic heterocycles. The third-order valence-corrected chi connectivity index (χ3v) is 6.07. The van der Waals surface area contributed by atoms with Crippen molar-refractivity contribution in [1.29, 1.82) is 0 Å². The number of anilines is 1. The van der Waals surface area contributed by atoms with E-state index in [9.17, 15) is 14.7 Å².